The first-order chi connectivity index (χ1) is 9.04. The number of hydrogen-bond acceptors (Lipinski definition) is 4. The Balaban J connectivity index is 2.33. The molecule has 19 heavy (non-hydrogen) atoms. The van der Waals surface area contributed by atoms with Crippen LogP contribution in [-0.4, -0.2) is 28.6 Å². The highest BCUT2D eigenvalue weighted by atomic mass is 16.4. The largest absolute Gasteiger partial charge is 0.508 e. The van der Waals surface area contributed by atoms with Crippen LogP contribution in [0.3, 0.4) is 0 Å². The summed E-state index contributed by atoms with van der Waals surface area (Å²) in [5, 5.41) is 23.5. The van der Waals surface area contributed by atoms with E-state index in [-0.39, 0.29) is 17.5 Å². The smallest absolute Gasteiger partial charge is 0.251 e. The molecule has 0 radical (unpaired) electrons. The molecule has 0 unspecified atom stereocenters. The zero-order valence-electron chi connectivity index (χ0n) is 10.9. The first kappa shape index (κ1) is 14.8. The molecule has 1 amide bonds. The molecule has 6 nitrogen and oxygen atoms in total. The third-order valence-electron chi connectivity index (χ3n) is 2.75. The van der Waals surface area contributed by atoms with Crippen molar-refractivity contribution in [2.24, 2.45) is 10.9 Å². The van der Waals surface area contributed by atoms with Crippen molar-refractivity contribution in [1.82, 2.24) is 5.32 Å². The van der Waals surface area contributed by atoms with Crippen molar-refractivity contribution in [3.8, 4) is 5.75 Å². The SMILES string of the molecule is Cc1ccc(C(=O)NCCCCC(N)=NO)cc1O. The number of aryl methyl sites for hydroxylation is 1. The van der Waals surface area contributed by atoms with Gasteiger partial charge in [-0.1, -0.05) is 11.2 Å². The molecule has 0 aliphatic rings. The molecule has 0 heterocycles. The molecule has 104 valence electrons. The average Bonchev–Trinajstić information content (AvgIpc) is 2.40. The highest BCUT2D eigenvalue weighted by Gasteiger charge is 2.06. The number of nitrogens with two attached hydrogens (primary N) is 1. The van der Waals surface area contributed by atoms with Gasteiger partial charge >= 0.3 is 0 Å². The van der Waals surface area contributed by atoms with Gasteiger partial charge < -0.3 is 21.4 Å². The lowest BCUT2D eigenvalue weighted by molar-refractivity contribution is 0.0952. The van der Waals surface area contributed by atoms with Gasteiger partial charge in [-0.3, -0.25) is 4.79 Å². The van der Waals surface area contributed by atoms with E-state index in [2.05, 4.69) is 10.5 Å². The number of carbonyl (C=O) groups is 1. The summed E-state index contributed by atoms with van der Waals surface area (Å²) in [6.45, 7) is 2.27. The molecule has 0 saturated heterocycles. The van der Waals surface area contributed by atoms with Crippen molar-refractivity contribution >= 4 is 11.7 Å². The van der Waals surface area contributed by atoms with Crippen LogP contribution < -0.4 is 11.1 Å². The summed E-state index contributed by atoms with van der Waals surface area (Å²) in [5.74, 6) is 0.0773. The standard InChI is InChI=1S/C13H19N3O3/c1-9-5-6-10(8-11(9)17)13(18)15-7-3-2-4-12(14)16-19/h5-6,8,17,19H,2-4,7H2,1H3,(H2,14,16)(H,15,18). The van der Waals surface area contributed by atoms with E-state index < -0.39 is 0 Å². The topological polar surface area (TPSA) is 108 Å². The lowest BCUT2D eigenvalue weighted by Crippen LogP contribution is -2.24. The molecular formula is C13H19N3O3. The molecule has 0 fully saturated rings. The maximum absolute atomic E-state index is 11.8. The van der Waals surface area contributed by atoms with E-state index in [9.17, 15) is 9.90 Å². The van der Waals surface area contributed by atoms with Gasteiger partial charge in [0.2, 0.25) is 0 Å². The van der Waals surface area contributed by atoms with Gasteiger partial charge in [-0.2, -0.15) is 0 Å². The van der Waals surface area contributed by atoms with Crippen LogP contribution in [0.5, 0.6) is 5.75 Å². The third-order valence-corrected chi connectivity index (χ3v) is 2.75. The molecule has 6 heteroatoms. The highest BCUT2D eigenvalue weighted by Crippen LogP contribution is 2.17. The number of phenols is 1. The summed E-state index contributed by atoms with van der Waals surface area (Å²) in [6, 6.07) is 4.81. The molecule has 1 aromatic rings. The minimum absolute atomic E-state index is 0.111. The lowest BCUT2D eigenvalue weighted by Gasteiger charge is -2.06. The van der Waals surface area contributed by atoms with E-state index >= 15 is 0 Å². The Kier molecular flexibility index (Phi) is 5.66. The van der Waals surface area contributed by atoms with Crippen molar-refractivity contribution in [1.29, 1.82) is 0 Å². The summed E-state index contributed by atoms with van der Waals surface area (Å²) in [7, 11) is 0. The van der Waals surface area contributed by atoms with Crippen LogP contribution in [0.1, 0.15) is 35.2 Å². The maximum atomic E-state index is 11.8. The molecule has 0 atom stereocenters. The van der Waals surface area contributed by atoms with Gasteiger partial charge in [0.25, 0.3) is 5.91 Å². The molecule has 1 aromatic carbocycles. The number of aromatic hydroxyl groups is 1. The lowest BCUT2D eigenvalue weighted by atomic mass is 10.1. The number of unbranched alkanes of at least 4 members (excludes halogenated alkanes) is 1. The Morgan fingerprint density at radius 3 is 2.79 bits per heavy atom. The van der Waals surface area contributed by atoms with Crippen molar-refractivity contribution < 1.29 is 15.1 Å². The Morgan fingerprint density at radius 2 is 2.16 bits per heavy atom. The van der Waals surface area contributed by atoms with Crippen LogP contribution in [0.25, 0.3) is 0 Å². The molecule has 0 aliphatic heterocycles. The number of nitrogens with one attached hydrogen (secondary N) is 1. The number of amidine groups is 1. The number of carbonyl (C=O) groups excluding carboxylic acids is 1. The molecule has 5 N–H and O–H groups in total. The van der Waals surface area contributed by atoms with Gasteiger partial charge in [-0.05, 0) is 37.5 Å². The monoisotopic (exact) mass is 265 g/mol. The van der Waals surface area contributed by atoms with Crippen LogP contribution in [-0.2, 0) is 0 Å². The molecule has 0 saturated carbocycles. The normalized spacial score (nSPS) is 11.3. The van der Waals surface area contributed by atoms with Crippen molar-refractivity contribution in [3.63, 3.8) is 0 Å². The van der Waals surface area contributed by atoms with Gasteiger partial charge in [-0.25, -0.2) is 0 Å². The number of benzene rings is 1. The zero-order valence-corrected chi connectivity index (χ0v) is 10.9. The number of phenolic OH excluding ortho intramolecular Hbond substituents is 1. The van der Waals surface area contributed by atoms with E-state index in [0.29, 0.717) is 18.5 Å². The van der Waals surface area contributed by atoms with Gasteiger partial charge in [0.05, 0.1) is 0 Å². The number of amides is 1. The van der Waals surface area contributed by atoms with E-state index in [1.807, 2.05) is 0 Å². The Bertz CT molecular complexity index is 472. The number of nitrogens with zero attached hydrogens (tertiary/aromatic N) is 1. The predicted molar refractivity (Wildman–Crippen MR) is 72.4 cm³/mol. The molecule has 0 bridgehead atoms. The summed E-state index contributed by atoms with van der Waals surface area (Å²) in [4.78, 5) is 11.8. The van der Waals surface area contributed by atoms with Gasteiger partial charge in [0.15, 0.2) is 0 Å². The average molecular weight is 265 g/mol. The Hall–Kier alpha value is -2.24. The van der Waals surface area contributed by atoms with Crippen molar-refractivity contribution in [3.05, 3.63) is 29.3 Å². The number of hydrogen-bond donors (Lipinski definition) is 4. The minimum Gasteiger partial charge on any atom is -0.508 e. The summed E-state index contributed by atoms with van der Waals surface area (Å²) < 4.78 is 0. The second-order valence-corrected chi connectivity index (χ2v) is 4.31. The highest BCUT2D eigenvalue weighted by molar-refractivity contribution is 5.94. The molecule has 0 spiro atoms. The van der Waals surface area contributed by atoms with Crippen LogP contribution in [0.2, 0.25) is 0 Å². The second kappa shape index (κ2) is 7.25. The van der Waals surface area contributed by atoms with E-state index in [1.54, 1.807) is 19.1 Å². The third kappa shape index (κ3) is 4.87. The van der Waals surface area contributed by atoms with Crippen molar-refractivity contribution in [2.45, 2.75) is 26.2 Å². The molecule has 0 aromatic heterocycles. The first-order valence-electron chi connectivity index (χ1n) is 6.09. The predicted octanol–water partition coefficient (Wildman–Crippen LogP) is 1.35. The fraction of sp³-hybridized carbons (Fsp3) is 0.385. The molecular weight excluding hydrogens is 246 g/mol. The minimum atomic E-state index is -0.223. The number of rotatable bonds is 6. The summed E-state index contributed by atoms with van der Waals surface area (Å²) in [6.07, 6.45) is 1.97. The summed E-state index contributed by atoms with van der Waals surface area (Å²) in [5.41, 5.74) is 6.48. The van der Waals surface area contributed by atoms with Crippen LogP contribution in [0, 0.1) is 6.92 Å². The number of oxime groups is 1. The van der Waals surface area contributed by atoms with E-state index in [1.165, 1.54) is 6.07 Å². The zero-order chi connectivity index (χ0) is 14.3. The van der Waals surface area contributed by atoms with Gasteiger partial charge in [0, 0.05) is 18.5 Å². The summed E-state index contributed by atoms with van der Waals surface area (Å²) >= 11 is 0. The quantitative estimate of drug-likeness (QED) is 0.205. The van der Waals surface area contributed by atoms with Crippen LogP contribution in [0.4, 0.5) is 0 Å². The van der Waals surface area contributed by atoms with Crippen molar-refractivity contribution in [2.75, 3.05) is 6.54 Å². The second-order valence-electron chi connectivity index (χ2n) is 4.31. The molecule has 1 rings (SSSR count). The fourth-order valence-electron chi connectivity index (χ4n) is 1.54. The first-order valence-corrected chi connectivity index (χ1v) is 6.09. The van der Waals surface area contributed by atoms with E-state index in [4.69, 9.17) is 10.9 Å². The van der Waals surface area contributed by atoms with Gasteiger partial charge in [0.1, 0.15) is 11.6 Å². The van der Waals surface area contributed by atoms with Gasteiger partial charge in [-0.15, -0.1) is 0 Å². The Labute approximate surface area is 111 Å². The molecule has 0 aliphatic carbocycles. The van der Waals surface area contributed by atoms with E-state index in [0.717, 1.165) is 18.4 Å². The van der Waals surface area contributed by atoms with Crippen LogP contribution in [0.15, 0.2) is 23.4 Å². The fourth-order valence-corrected chi connectivity index (χ4v) is 1.54. The van der Waals surface area contributed by atoms with Crippen LogP contribution >= 0.6 is 0 Å². The Morgan fingerprint density at radius 1 is 1.42 bits per heavy atom. The maximum Gasteiger partial charge on any atom is 0.251 e.